The second kappa shape index (κ2) is 6.39. The number of rotatable bonds is 4. The zero-order chi connectivity index (χ0) is 16.3. The predicted octanol–water partition coefficient (Wildman–Crippen LogP) is 2.48. The molecule has 0 bridgehead atoms. The molecule has 1 aromatic carbocycles. The average Bonchev–Trinajstić information content (AvgIpc) is 2.89. The summed E-state index contributed by atoms with van der Waals surface area (Å²) in [5.41, 5.74) is -1.08. The number of alkyl halides is 3. The number of benzene rings is 1. The largest absolute Gasteiger partial charge is 0.489 e. The topological polar surface area (TPSA) is 49.8 Å². The van der Waals surface area contributed by atoms with Gasteiger partial charge in [0.2, 0.25) is 0 Å². The molecule has 2 rings (SSSR count). The number of ether oxygens (including phenoxy) is 1. The molecule has 0 radical (unpaired) electrons. The number of β-amino-alcohol motifs (C(OH)–C–C–N with tert-alkyl or cyclic N) is 1. The van der Waals surface area contributed by atoms with Gasteiger partial charge < -0.3 is 14.7 Å². The molecule has 0 spiro atoms. The van der Waals surface area contributed by atoms with E-state index >= 15 is 0 Å². The molecule has 1 aliphatic heterocycles. The van der Waals surface area contributed by atoms with E-state index < -0.39 is 23.8 Å². The van der Waals surface area contributed by atoms with Gasteiger partial charge in [0.05, 0.1) is 17.2 Å². The lowest BCUT2D eigenvalue weighted by atomic mass is 10.1. The fourth-order valence-electron chi connectivity index (χ4n) is 2.24. The molecular weight excluding hydrogens is 299 g/mol. The second-order valence-corrected chi connectivity index (χ2v) is 5.00. The van der Waals surface area contributed by atoms with Gasteiger partial charge in [-0.3, -0.25) is 4.79 Å². The van der Waals surface area contributed by atoms with E-state index in [0.29, 0.717) is 13.0 Å². The van der Waals surface area contributed by atoms with Gasteiger partial charge >= 0.3 is 6.18 Å². The molecule has 1 atom stereocenters. The van der Waals surface area contributed by atoms with Crippen LogP contribution in [-0.2, 0) is 6.18 Å². The maximum absolute atomic E-state index is 12.8. The highest BCUT2D eigenvalue weighted by Crippen LogP contribution is 2.33. The number of carbonyl (C=O) groups is 1. The minimum absolute atomic E-state index is 0.0688. The summed E-state index contributed by atoms with van der Waals surface area (Å²) in [5.74, 6) is -0.513. The highest BCUT2D eigenvalue weighted by Gasteiger charge is 2.33. The van der Waals surface area contributed by atoms with Crippen LogP contribution in [-0.4, -0.2) is 41.7 Å². The van der Waals surface area contributed by atoms with E-state index in [0.717, 1.165) is 18.2 Å². The fraction of sp³-hybridized carbons (Fsp3) is 0.400. The first-order valence-corrected chi connectivity index (χ1v) is 6.75. The molecule has 0 aromatic heterocycles. The SMILES string of the molecule is C=CCOc1ccc(C(F)(F)F)cc1C(=O)N1CC[C@H](O)C1. The number of hydrogen-bond donors (Lipinski definition) is 1. The Morgan fingerprint density at radius 3 is 2.77 bits per heavy atom. The third kappa shape index (κ3) is 3.59. The quantitative estimate of drug-likeness (QED) is 0.869. The first kappa shape index (κ1) is 16.4. The van der Waals surface area contributed by atoms with Gasteiger partial charge in [0, 0.05) is 13.1 Å². The summed E-state index contributed by atoms with van der Waals surface area (Å²) in [6.45, 7) is 3.95. The van der Waals surface area contributed by atoms with Crippen molar-refractivity contribution in [1.29, 1.82) is 0 Å². The summed E-state index contributed by atoms with van der Waals surface area (Å²) in [6, 6.07) is 2.78. The van der Waals surface area contributed by atoms with Crippen LogP contribution in [0.3, 0.4) is 0 Å². The van der Waals surface area contributed by atoms with Gasteiger partial charge in [-0.05, 0) is 24.6 Å². The monoisotopic (exact) mass is 315 g/mol. The lowest BCUT2D eigenvalue weighted by molar-refractivity contribution is -0.137. The van der Waals surface area contributed by atoms with Crippen molar-refractivity contribution in [3.8, 4) is 5.75 Å². The van der Waals surface area contributed by atoms with Crippen molar-refractivity contribution >= 4 is 5.91 Å². The number of carbonyl (C=O) groups excluding carboxylic acids is 1. The van der Waals surface area contributed by atoms with Gasteiger partial charge in [0.15, 0.2) is 0 Å². The van der Waals surface area contributed by atoms with Gasteiger partial charge in [-0.1, -0.05) is 12.7 Å². The number of aliphatic hydroxyl groups excluding tert-OH is 1. The van der Waals surface area contributed by atoms with Crippen molar-refractivity contribution in [1.82, 2.24) is 4.90 Å². The smallest absolute Gasteiger partial charge is 0.416 e. The van der Waals surface area contributed by atoms with Crippen LogP contribution in [0.25, 0.3) is 0 Å². The molecule has 1 saturated heterocycles. The predicted molar refractivity (Wildman–Crippen MR) is 73.7 cm³/mol. The number of nitrogens with zero attached hydrogens (tertiary/aromatic N) is 1. The zero-order valence-corrected chi connectivity index (χ0v) is 11.8. The highest BCUT2D eigenvalue weighted by molar-refractivity contribution is 5.97. The van der Waals surface area contributed by atoms with E-state index in [-0.39, 0.29) is 24.5 Å². The van der Waals surface area contributed by atoms with E-state index in [1.165, 1.54) is 11.0 Å². The first-order valence-electron chi connectivity index (χ1n) is 6.75. The Kier molecular flexibility index (Phi) is 4.75. The molecule has 0 aliphatic carbocycles. The summed E-state index contributed by atoms with van der Waals surface area (Å²) < 4.78 is 43.8. The third-order valence-corrected chi connectivity index (χ3v) is 3.34. The maximum atomic E-state index is 12.8. The number of amides is 1. The summed E-state index contributed by atoms with van der Waals surface area (Å²) >= 11 is 0. The highest BCUT2D eigenvalue weighted by atomic mass is 19.4. The van der Waals surface area contributed by atoms with Crippen molar-refractivity contribution in [2.45, 2.75) is 18.7 Å². The van der Waals surface area contributed by atoms with Gasteiger partial charge in [-0.25, -0.2) is 0 Å². The maximum Gasteiger partial charge on any atom is 0.416 e. The van der Waals surface area contributed by atoms with Crippen molar-refractivity contribution in [2.75, 3.05) is 19.7 Å². The standard InChI is InChI=1S/C15H16F3NO3/c1-2-7-22-13-4-3-10(15(16,17)18)8-12(13)14(21)19-6-5-11(20)9-19/h2-4,8,11,20H,1,5-7,9H2/t11-/m0/s1. The molecule has 1 aromatic rings. The van der Waals surface area contributed by atoms with Crippen molar-refractivity contribution in [3.05, 3.63) is 42.0 Å². The molecule has 4 nitrogen and oxygen atoms in total. The first-order chi connectivity index (χ1) is 10.3. The molecule has 22 heavy (non-hydrogen) atoms. The molecule has 1 aliphatic rings. The summed E-state index contributed by atoms with van der Waals surface area (Å²) in [4.78, 5) is 13.7. The Morgan fingerprint density at radius 2 is 2.23 bits per heavy atom. The van der Waals surface area contributed by atoms with Crippen molar-refractivity contribution in [3.63, 3.8) is 0 Å². The van der Waals surface area contributed by atoms with E-state index in [1.54, 1.807) is 0 Å². The minimum atomic E-state index is -4.55. The summed E-state index contributed by atoms with van der Waals surface area (Å²) in [7, 11) is 0. The molecule has 1 fully saturated rings. The molecule has 1 N–H and O–H groups in total. The van der Waals surface area contributed by atoms with Crippen LogP contribution in [0, 0.1) is 0 Å². The van der Waals surface area contributed by atoms with Crippen molar-refractivity contribution < 1.29 is 27.8 Å². The van der Waals surface area contributed by atoms with Crippen LogP contribution >= 0.6 is 0 Å². The van der Waals surface area contributed by atoms with Crippen LogP contribution in [0.4, 0.5) is 13.2 Å². The summed E-state index contributed by atoms with van der Waals surface area (Å²) in [6.07, 6.45) is -3.34. The van der Waals surface area contributed by atoms with Gasteiger partial charge in [0.1, 0.15) is 12.4 Å². The Bertz CT molecular complexity index is 572. The Hall–Kier alpha value is -2.02. The fourth-order valence-corrected chi connectivity index (χ4v) is 2.24. The molecular formula is C15H16F3NO3. The van der Waals surface area contributed by atoms with Crippen LogP contribution in [0.15, 0.2) is 30.9 Å². The van der Waals surface area contributed by atoms with Crippen LogP contribution in [0.5, 0.6) is 5.75 Å². The van der Waals surface area contributed by atoms with Gasteiger partial charge in [-0.2, -0.15) is 13.2 Å². The van der Waals surface area contributed by atoms with Gasteiger partial charge in [-0.15, -0.1) is 0 Å². The lowest BCUT2D eigenvalue weighted by Gasteiger charge is -2.19. The summed E-state index contributed by atoms with van der Waals surface area (Å²) in [5, 5.41) is 9.47. The normalized spacial score (nSPS) is 18.4. The molecule has 0 unspecified atom stereocenters. The minimum Gasteiger partial charge on any atom is -0.489 e. The second-order valence-electron chi connectivity index (χ2n) is 5.00. The lowest BCUT2D eigenvalue weighted by Crippen LogP contribution is -2.30. The molecule has 7 heteroatoms. The Labute approximate surface area is 125 Å². The Balaban J connectivity index is 2.35. The zero-order valence-electron chi connectivity index (χ0n) is 11.8. The van der Waals surface area contributed by atoms with Crippen LogP contribution in [0.1, 0.15) is 22.3 Å². The van der Waals surface area contributed by atoms with E-state index in [9.17, 15) is 23.1 Å². The van der Waals surface area contributed by atoms with E-state index in [1.807, 2.05) is 0 Å². The third-order valence-electron chi connectivity index (χ3n) is 3.34. The number of hydrogen-bond acceptors (Lipinski definition) is 3. The van der Waals surface area contributed by atoms with E-state index in [2.05, 4.69) is 6.58 Å². The molecule has 0 saturated carbocycles. The molecule has 1 amide bonds. The van der Waals surface area contributed by atoms with E-state index in [4.69, 9.17) is 4.74 Å². The van der Waals surface area contributed by atoms with Gasteiger partial charge in [0.25, 0.3) is 5.91 Å². The number of aliphatic hydroxyl groups is 1. The number of likely N-dealkylation sites (tertiary alicyclic amines) is 1. The Morgan fingerprint density at radius 1 is 1.50 bits per heavy atom. The van der Waals surface area contributed by atoms with Crippen LogP contribution < -0.4 is 4.74 Å². The van der Waals surface area contributed by atoms with Crippen molar-refractivity contribution in [2.24, 2.45) is 0 Å². The van der Waals surface area contributed by atoms with Crippen LogP contribution in [0.2, 0.25) is 0 Å². The molecule has 1 heterocycles. The number of halogens is 3. The average molecular weight is 315 g/mol. The molecule has 120 valence electrons.